The molecule has 1 fully saturated rings. The summed E-state index contributed by atoms with van der Waals surface area (Å²) in [6, 6.07) is 0. The van der Waals surface area contributed by atoms with Crippen LogP contribution >= 0.6 is 0 Å². The van der Waals surface area contributed by atoms with Crippen molar-refractivity contribution in [1.29, 1.82) is 0 Å². The minimum atomic E-state index is 0.432. The molecular formula is C11H23NO. The number of ether oxygens (including phenoxy) is 1. The topological polar surface area (TPSA) is 21.3 Å². The Morgan fingerprint density at radius 3 is 2.54 bits per heavy atom. The molecule has 13 heavy (non-hydrogen) atoms. The van der Waals surface area contributed by atoms with Gasteiger partial charge in [-0.25, -0.2) is 0 Å². The monoisotopic (exact) mass is 185 g/mol. The molecule has 1 aliphatic heterocycles. The van der Waals surface area contributed by atoms with Crippen LogP contribution in [0.5, 0.6) is 0 Å². The predicted molar refractivity (Wildman–Crippen MR) is 55.9 cm³/mol. The molecule has 1 atom stereocenters. The van der Waals surface area contributed by atoms with Gasteiger partial charge in [-0.1, -0.05) is 13.8 Å². The molecule has 0 bridgehead atoms. The lowest BCUT2D eigenvalue weighted by molar-refractivity contribution is -0.0582. The summed E-state index contributed by atoms with van der Waals surface area (Å²) in [6.07, 6.45) is 4.19. The Kier molecular flexibility index (Phi) is 4.20. The SMILES string of the molecule is CCOC1CNCCC1(CC)CC. The predicted octanol–water partition coefficient (Wildman–Crippen LogP) is 2.19. The van der Waals surface area contributed by atoms with Gasteiger partial charge in [0.05, 0.1) is 6.10 Å². The molecule has 1 heterocycles. The zero-order chi connectivity index (χ0) is 9.73. The van der Waals surface area contributed by atoms with E-state index in [1.165, 1.54) is 19.3 Å². The van der Waals surface area contributed by atoms with E-state index < -0.39 is 0 Å². The largest absolute Gasteiger partial charge is 0.377 e. The smallest absolute Gasteiger partial charge is 0.0755 e. The average Bonchev–Trinajstić information content (AvgIpc) is 2.20. The van der Waals surface area contributed by atoms with Gasteiger partial charge in [-0.15, -0.1) is 0 Å². The van der Waals surface area contributed by atoms with Gasteiger partial charge < -0.3 is 10.1 Å². The summed E-state index contributed by atoms with van der Waals surface area (Å²) in [7, 11) is 0. The fourth-order valence-corrected chi connectivity index (χ4v) is 2.44. The molecule has 1 unspecified atom stereocenters. The normalized spacial score (nSPS) is 27.5. The molecular weight excluding hydrogens is 162 g/mol. The van der Waals surface area contributed by atoms with Crippen molar-refractivity contribution >= 4 is 0 Å². The fourth-order valence-electron chi connectivity index (χ4n) is 2.44. The maximum Gasteiger partial charge on any atom is 0.0755 e. The first kappa shape index (κ1) is 11.0. The van der Waals surface area contributed by atoms with E-state index in [-0.39, 0.29) is 0 Å². The van der Waals surface area contributed by atoms with Gasteiger partial charge in [0.2, 0.25) is 0 Å². The molecule has 0 aromatic rings. The van der Waals surface area contributed by atoms with Crippen LogP contribution in [0.25, 0.3) is 0 Å². The van der Waals surface area contributed by atoms with Crippen LogP contribution in [0.1, 0.15) is 40.0 Å². The Labute approximate surface area is 82.0 Å². The molecule has 2 nitrogen and oxygen atoms in total. The van der Waals surface area contributed by atoms with E-state index in [4.69, 9.17) is 4.74 Å². The number of piperidine rings is 1. The third kappa shape index (κ3) is 2.23. The van der Waals surface area contributed by atoms with Crippen LogP contribution in [-0.4, -0.2) is 25.8 Å². The van der Waals surface area contributed by atoms with Crippen LogP contribution in [-0.2, 0) is 4.74 Å². The zero-order valence-electron chi connectivity index (χ0n) is 9.23. The van der Waals surface area contributed by atoms with E-state index in [1.54, 1.807) is 0 Å². The van der Waals surface area contributed by atoms with Crippen LogP contribution in [0.15, 0.2) is 0 Å². The second-order valence-corrected chi connectivity index (χ2v) is 3.97. The zero-order valence-corrected chi connectivity index (χ0v) is 9.23. The fraction of sp³-hybridized carbons (Fsp3) is 1.00. The third-order valence-electron chi connectivity index (χ3n) is 3.59. The first-order chi connectivity index (χ1) is 6.29. The van der Waals surface area contributed by atoms with Crippen LogP contribution in [0.4, 0.5) is 0 Å². The summed E-state index contributed by atoms with van der Waals surface area (Å²) in [5.41, 5.74) is 0.446. The van der Waals surface area contributed by atoms with Gasteiger partial charge in [0.15, 0.2) is 0 Å². The average molecular weight is 185 g/mol. The Hall–Kier alpha value is -0.0800. The second-order valence-electron chi connectivity index (χ2n) is 3.97. The van der Waals surface area contributed by atoms with E-state index >= 15 is 0 Å². The molecule has 0 aromatic heterocycles. The molecule has 0 saturated carbocycles. The highest BCUT2D eigenvalue weighted by atomic mass is 16.5. The van der Waals surface area contributed by atoms with Gasteiger partial charge in [-0.3, -0.25) is 0 Å². The summed E-state index contributed by atoms with van der Waals surface area (Å²) in [6.45, 7) is 9.71. The highest BCUT2D eigenvalue weighted by Gasteiger charge is 2.38. The van der Waals surface area contributed by atoms with E-state index in [1.807, 2.05) is 0 Å². The minimum Gasteiger partial charge on any atom is -0.377 e. The standard InChI is InChI=1S/C11H23NO/c1-4-11(5-2)7-8-12-9-10(11)13-6-3/h10,12H,4-9H2,1-3H3. The maximum atomic E-state index is 5.82. The minimum absolute atomic E-state index is 0.432. The van der Waals surface area contributed by atoms with Crippen LogP contribution in [0.3, 0.4) is 0 Å². The van der Waals surface area contributed by atoms with Gasteiger partial charge in [0.1, 0.15) is 0 Å². The molecule has 0 amide bonds. The van der Waals surface area contributed by atoms with E-state index in [0.29, 0.717) is 11.5 Å². The second kappa shape index (κ2) is 4.97. The molecule has 1 saturated heterocycles. The Bertz CT molecular complexity index is 141. The molecule has 2 heteroatoms. The van der Waals surface area contributed by atoms with Gasteiger partial charge in [-0.2, -0.15) is 0 Å². The van der Waals surface area contributed by atoms with Gasteiger partial charge in [0, 0.05) is 13.2 Å². The number of hydrogen-bond donors (Lipinski definition) is 1. The van der Waals surface area contributed by atoms with Crippen molar-refractivity contribution in [2.75, 3.05) is 19.7 Å². The first-order valence-corrected chi connectivity index (χ1v) is 5.61. The molecule has 1 aliphatic rings. The van der Waals surface area contributed by atoms with Crippen LogP contribution in [0.2, 0.25) is 0 Å². The summed E-state index contributed by atoms with van der Waals surface area (Å²) in [4.78, 5) is 0. The lowest BCUT2D eigenvalue weighted by Gasteiger charge is -2.43. The molecule has 78 valence electrons. The molecule has 0 aliphatic carbocycles. The third-order valence-corrected chi connectivity index (χ3v) is 3.59. The van der Waals surface area contributed by atoms with Crippen molar-refractivity contribution in [2.45, 2.75) is 46.1 Å². The number of rotatable bonds is 4. The molecule has 1 N–H and O–H groups in total. The van der Waals surface area contributed by atoms with Crippen LogP contribution < -0.4 is 5.32 Å². The Morgan fingerprint density at radius 2 is 2.00 bits per heavy atom. The van der Waals surface area contributed by atoms with Gasteiger partial charge >= 0.3 is 0 Å². The number of nitrogens with one attached hydrogen (secondary N) is 1. The van der Waals surface area contributed by atoms with Gasteiger partial charge in [0.25, 0.3) is 0 Å². The number of hydrogen-bond acceptors (Lipinski definition) is 2. The molecule has 0 radical (unpaired) electrons. The first-order valence-electron chi connectivity index (χ1n) is 5.61. The molecule has 0 aromatic carbocycles. The van der Waals surface area contributed by atoms with Crippen molar-refractivity contribution in [3.8, 4) is 0 Å². The maximum absolute atomic E-state index is 5.82. The molecule has 0 spiro atoms. The Balaban J connectivity index is 2.63. The van der Waals surface area contributed by atoms with E-state index in [9.17, 15) is 0 Å². The summed E-state index contributed by atoms with van der Waals surface area (Å²) < 4.78 is 5.82. The molecule has 1 rings (SSSR count). The van der Waals surface area contributed by atoms with Crippen LogP contribution in [0, 0.1) is 5.41 Å². The summed E-state index contributed by atoms with van der Waals surface area (Å²) >= 11 is 0. The van der Waals surface area contributed by atoms with Crippen molar-refractivity contribution in [3.63, 3.8) is 0 Å². The van der Waals surface area contributed by atoms with E-state index in [2.05, 4.69) is 26.1 Å². The van der Waals surface area contributed by atoms with Gasteiger partial charge in [-0.05, 0) is 38.1 Å². The van der Waals surface area contributed by atoms with Crippen molar-refractivity contribution in [1.82, 2.24) is 5.32 Å². The Morgan fingerprint density at radius 1 is 1.31 bits per heavy atom. The lowest BCUT2D eigenvalue weighted by atomic mass is 9.72. The summed E-state index contributed by atoms with van der Waals surface area (Å²) in [5, 5.41) is 3.42. The highest BCUT2D eigenvalue weighted by molar-refractivity contribution is 4.90. The van der Waals surface area contributed by atoms with Crippen molar-refractivity contribution < 1.29 is 4.74 Å². The van der Waals surface area contributed by atoms with Crippen molar-refractivity contribution in [2.24, 2.45) is 5.41 Å². The highest BCUT2D eigenvalue weighted by Crippen LogP contribution is 2.37. The summed E-state index contributed by atoms with van der Waals surface area (Å²) in [5.74, 6) is 0. The van der Waals surface area contributed by atoms with Crippen molar-refractivity contribution in [3.05, 3.63) is 0 Å². The van der Waals surface area contributed by atoms with E-state index in [0.717, 1.165) is 19.7 Å². The quantitative estimate of drug-likeness (QED) is 0.725. The lowest BCUT2D eigenvalue weighted by Crippen LogP contribution is -2.49.